The molecule has 1 saturated carbocycles. The molecule has 1 fully saturated rings. The number of amides is 1. The maximum Gasteiger partial charge on any atom is 0.287 e. The van der Waals surface area contributed by atoms with Crippen molar-refractivity contribution in [1.29, 1.82) is 0 Å². The first-order valence-corrected chi connectivity index (χ1v) is 8.48. The lowest BCUT2D eigenvalue weighted by Crippen LogP contribution is -2.36. The van der Waals surface area contributed by atoms with Crippen molar-refractivity contribution in [1.82, 2.24) is 15.1 Å². The van der Waals surface area contributed by atoms with Gasteiger partial charge in [-0.15, -0.1) is 0 Å². The van der Waals surface area contributed by atoms with Crippen molar-refractivity contribution in [2.24, 2.45) is 5.92 Å². The Balaban J connectivity index is 1.74. The van der Waals surface area contributed by atoms with E-state index >= 15 is 0 Å². The predicted octanol–water partition coefficient (Wildman–Crippen LogP) is 3.13. The minimum Gasteiger partial charge on any atom is -0.347 e. The van der Waals surface area contributed by atoms with E-state index in [-0.39, 0.29) is 28.5 Å². The van der Waals surface area contributed by atoms with Gasteiger partial charge in [0.05, 0.1) is 17.3 Å². The molecule has 7 heteroatoms. The summed E-state index contributed by atoms with van der Waals surface area (Å²) in [5, 5.41) is 6.82. The zero-order valence-corrected chi connectivity index (χ0v) is 14.6. The molecular formula is C17H17Cl2N3O2. The lowest BCUT2D eigenvalue weighted by molar-refractivity contribution is -0.122. The number of aryl methyl sites for hydroxylation is 1. The smallest absolute Gasteiger partial charge is 0.287 e. The molecule has 1 aliphatic carbocycles. The summed E-state index contributed by atoms with van der Waals surface area (Å²) >= 11 is 11.5. The van der Waals surface area contributed by atoms with Crippen molar-refractivity contribution in [2.45, 2.75) is 32.4 Å². The first kappa shape index (κ1) is 17.0. The second kappa shape index (κ2) is 6.95. The van der Waals surface area contributed by atoms with Gasteiger partial charge in [-0.05, 0) is 31.2 Å². The Bertz CT molecular complexity index is 814. The van der Waals surface area contributed by atoms with Gasteiger partial charge in [0.1, 0.15) is 11.6 Å². The van der Waals surface area contributed by atoms with Gasteiger partial charge in [0, 0.05) is 0 Å². The Hall–Kier alpha value is -1.85. The highest BCUT2D eigenvalue weighted by molar-refractivity contribution is 6.41. The van der Waals surface area contributed by atoms with E-state index in [1.807, 2.05) is 31.2 Å². The molecule has 0 spiro atoms. The molecule has 1 amide bonds. The van der Waals surface area contributed by atoms with Gasteiger partial charge in [0.15, 0.2) is 0 Å². The van der Waals surface area contributed by atoms with E-state index in [2.05, 4.69) is 10.4 Å². The first-order chi connectivity index (χ1) is 11.5. The van der Waals surface area contributed by atoms with Crippen molar-refractivity contribution in [3.05, 3.63) is 62.0 Å². The van der Waals surface area contributed by atoms with Gasteiger partial charge in [-0.1, -0.05) is 53.0 Å². The molecule has 5 nitrogen and oxygen atoms in total. The molecule has 1 atom stereocenters. The number of nitrogens with one attached hydrogen (secondary N) is 1. The number of rotatable bonds is 5. The van der Waals surface area contributed by atoms with E-state index in [0.29, 0.717) is 5.92 Å². The molecule has 1 aromatic heterocycles. The Morgan fingerprint density at radius 1 is 1.33 bits per heavy atom. The molecular weight excluding hydrogens is 349 g/mol. The molecule has 3 rings (SSSR count). The normalized spacial score (nSPS) is 15.1. The van der Waals surface area contributed by atoms with Crippen molar-refractivity contribution >= 4 is 29.1 Å². The van der Waals surface area contributed by atoms with Crippen molar-refractivity contribution in [2.75, 3.05) is 0 Å². The zero-order valence-electron chi connectivity index (χ0n) is 13.1. The summed E-state index contributed by atoms with van der Waals surface area (Å²) in [6.07, 6.45) is 3.44. The third-order valence-electron chi connectivity index (χ3n) is 4.08. The standard InChI is InChI=1S/C17H17Cl2N3O2/c1-10-2-4-11(5-3-10)16(12-6-7-12)21-14(23)9-22-17(24)15(19)13(18)8-20-22/h2-5,8,12,16H,6-7,9H2,1H3,(H,21,23)/t16-/m0/s1. The molecule has 0 radical (unpaired) electrons. The van der Waals surface area contributed by atoms with E-state index in [1.54, 1.807) is 0 Å². The lowest BCUT2D eigenvalue weighted by atomic mass is 10.0. The minimum atomic E-state index is -0.572. The van der Waals surface area contributed by atoms with Crippen LogP contribution in [-0.4, -0.2) is 15.7 Å². The molecule has 1 aliphatic rings. The van der Waals surface area contributed by atoms with Crippen LogP contribution in [0, 0.1) is 12.8 Å². The molecule has 1 aromatic carbocycles. The van der Waals surface area contributed by atoms with Gasteiger partial charge in [-0.2, -0.15) is 5.10 Å². The average Bonchev–Trinajstić information content (AvgIpc) is 3.39. The highest BCUT2D eigenvalue weighted by Gasteiger charge is 2.33. The summed E-state index contributed by atoms with van der Waals surface area (Å²) in [5.74, 6) is 0.163. The quantitative estimate of drug-likeness (QED) is 0.884. The maximum atomic E-state index is 12.4. The fraction of sp³-hybridized carbons (Fsp3) is 0.353. The Morgan fingerprint density at radius 2 is 2.00 bits per heavy atom. The number of aromatic nitrogens is 2. The fourth-order valence-electron chi connectivity index (χ4n) is 2.59. The molecule has 0 aliphatic heterocycles. The number of benzene rings is 1. The second-order valence-corrected chi connectivity index (χ2v) is 6.85. The molecule has 1 heterocycles. The molecule has 126 valence electrons. The summed E-state index contributed by atoms with van der Waals surface area (Å²) < 4.78 is 1.02. The summed E-state index contributed by atoms with van der Waals surface area (Å²) in [4.78, 5) is 24.3. The van der Waals surface area contributed by atoms with Crippen molar-refractivity contribution < 1.29 is 4.79 Å². The van der Waals surface area contributed by atoms with Gasteiger partial charge in [0.25, 0.3) is 5.56 Å². The molecule has 1 N–H and O–H groups in total. The van der Waals surface area contributed by atoms with Crippen LogP contribution in [0.5, 0.6) is 0 Å². The first-order valence-electron chi connectivity index (χ1n) is 7.73. The lowest BCUT2D eigenvalue weighted by Gasteiger charge is -2.19. The highest BCUT2D eigenvalue weighted by Crippen LogP contribution is 2.41. The molecule has 0 bridgehead atoms. The number of nitrogens with zero attached hydrogens (tertiary/aromatic N) is 2. The molecule has 0 unspecified atom stereocenters. The van der Waals surface area contributed by atoms with Gasteiger partial charge < -0.3 is 5.32 Å². The van der Waals surface area contributed by atoms with E-state index in [9.17, 15) is 9.59 Å². The van der Waals surface area contributed by atoms with Crippen LogP contribution in [0.4, 0.5) is 0 Å². The third-order valence-corrected chi connectivity index (χ3v) is 4.83. The minimum absolute atomic E-state index is 0.0448. The van der Waals surface area contributed by atoms with Gasteiger partial charge in [-0.25, -0.2) is 4.68 Å². The monoisotopic (exact) mass is 365 g/mol. The predicted molar refractivity (Wildman–Crippen MR) is 93.3 cm³/mol. The van der Waals surface area contributed by atoms with Crippen molar-refractivity contribution in [3.8, 4) is 0 Å². The third kappa shape index (κ3) is 3.79. The van der Waals surface area contributed by atoms with Crippen LogP contribution in [-0.2, 0) is 11.3 Å². The fourth-order valence-corrected chi connectivity index (χ4v) is 2.86. The number of hydrogen-bond acceptors (Lipinski definition) is 3. The Morgan fingerprint density at radius 3 is 2.62 bits per heavy atom. The topological polar surface area (TPSA) is 64.0 Å². The van der Waals surface area contributed by atoms with Crippen LogP contribution < -0.4 is 10.9 Å². The highest BCUT2D eigenvalue weighted by atomic mass is 35.5. The summed E-state index contributed by atoms with van der Waals surface area (Å²) in [5.41, 5.74) is 1.68. The summed E-state index contributed by atoms with van der Waals surface area (Å²) in [6, 6.07) is 8.07. The Labute approximate surface area is 149 Å². The summed E-state index contributed by atoms with van der Waals surface area (Å²) in [6.45, 7) is 1.83. The zero-order chi connectivity index (χ0) is 17.3. The van der Waals surface area contributed by atoms with Crippen LogP contribution >= 0.6 is 23.2 Å². The average molecular weight is 366 g/mol. The van der Waals surface area contributed by atoms with Gasteiger partial charge >= 0.3 is 0 Å². The number of halogens is 2. The largest absolute Gasteiger partial charge is 0.347 e. The molecule has 2 aromatic rings. The van der Waals surface area contributed by atoms with Gasteiger partial charge in [-0.3, -0.25) is 9.59 Å². The number of carbonyl (C=O) groups excluding carboxylic acids is 1. The van der Waals surface area contributed by atoms with Crippen LogP contribution in [0.2, 0.25) is 10.0 Å². The SMILES string of the molecule is Cc1ccc([C@H](NC(=O)Cn2ncc(Cl)c(Cl)c2=O)C2CC2)cc1. The molecule has 0 saturated heterocycles. The second-order valence-electron chi connectivity index (χ2n) is 6.06. The molecule has 24 heavy (non-hydrogen) atoms. The van der Waals surface area contributed by atoms with E-state index in [0.717, 1.165) is 23.1 Å². The number of carbonyl (C=O) groups is 1. The van der Waals surface area contributed by atoms with E-state index in [4.69, 9.17) is 23.2 Å². The maximum absolute atomic E-state index is 12.4. The van der Waals surface area contributed by atoms with Crippen LogP contribution in [0.3, 0.4) is 0 Å². The van der Waals surface area contributed by atoms with Crippen molar-refractivity contribution in [3.63, 3.8) is 0 Å². The van der Waals surface area contributed by atoms with Crippen LogP contribution in [0.15, 0.2) is 35.3 Å². The van der Waals surface area contributed by atoms with Crippen LogP contribution in [0.25, 0.3) is 0 Å². The van der Waals surface area contributed by atoms with E-state index in [1.165, 1.54) is 11.8 Å². The number of hydrogen-bond donors (Lipinski definition) is 1. The van der Waals surface area contributed by atoms with Gasteiger partial charge in [0.2, 0.25) is 5.91 Å². The van der Waals surface area contributed by atoms with Crippen LogP contribution in [0.1, 0.15) is 30.0 Å². The summed E-state index contributed by atoms with van der Waals surface area (Å²) in [7, 11) is 0. The Kier molecular flexibility index (Phi) is 4.92. The van der Waals surface area contributed by atoms with E-state index < -0.39 is 5.56 Å².